The van der Waals surface area contributed by atoms with Gasteiger partial charge in [-0.05, 0) is 43.9 Å². The van der Waals surface area contributed by atoms with E-state index in [1.807, 2.05) is 0 Å². The van der Waals surface area contributed by atoms with E-state index in [4.69, 9.17) is 0 Å². The molecule has 0 atom stereocenters. The van der Waals surface area contributed by atoms with Crippen LogP contribution in [0.2, 0.25) is 0 Å². The summed E-state index contributed by atoms with van der Waals surface area (Å²) < 4.78 is 29.2. The summed E-state index contributed by atoms with van der Waals surface area (Å²) in [5, 5.41) is 7.11. The molecule has 1 saturated heterocycles. The van der Waals surface area contributed by atoms with E-state index in [1.54, 1.807) is 36.0 Å². The number of amides is 1. The van der Waals surface area contributed by atoms with Gasteiger partial charge >= 0.3 is 0 Å². The number of carbonyl (C=O) groups is 1. The van der Waals surface area contributed by atoms with Crippen LogP contribution >= 0.6 is 0 Å². The number of anilines is 1. The summed E-state index contributed by atoms with van der Waals surface area (Å²) in [5.74, 6) is 0.286. The predicted octanol–water partition coefficient (Wildman–Crippen LogP) is 3.42. The largest absolute Gasteiger partial charge is 0.307 e. The number of sulfonamides is 1. The van der Waals surface area contributed by atoms with Gasteiger partial charge in [-0.15, -0.1) is 0 Å². The molecule has 1 aromatic carbocycles. The van der Waals surface area contributed by atoms with Gasteiger partial charge in [0.25, 0.3) is 5.91 Å². The van der Waals surface area contributed by atoms with Gasteiger partial charge in [0.05, 0.1) is 11.1 Å². The van der Waals surface area contributed by atoms with E-state index in [1.165, 1.54) is 10.4 Å². The Morgan fingerprint density at radius 2 is 1.93 bits per heavy atom. The second-order valence-electron chi connectivity index (χ2n) is 7.19. The highest BCUT2D eigenvalue weighted by Gasteiger charge is 2.27. The van der Waals surface area contributed by atoms with Crippen molar-refractivity contribution in [1.82, 2.24) is 14.1 Å². The molecule has 1 aliphatic rings. The summed E-state index contributed by atoms with van der Waals surface area (Å²) in [5.41, 5.74) is 1.09. The van der Waals surface area contributed by atoms with Gasteiger partial charge in [0.1, 0.15) is 5.82 Å². The molecule has 0 aliphatic carbocycles. The molecule has 8 heteroatoms. The Kier molecular flexibility index (Phi) is 6.51. The Labute approximate surface area is 166 Å². The fourth-order valence-corrected chi connectivity index (χ4v) is 4.91. The van der Waals surface area contributed by atoms with E-state index in [0.717, 1.165) is 44.2 Å². The SMILES string of the molecule is CCCCn1nccc1NC(=O)c1cc(S(=O)(=O)N2CCCCC2)ccc1C. The lowest BCUT2D eigenvalue weighted by molar-refractivity contribution is 0.102. The summed E-state index contributed by atoms with van der Waals surface area (Å²) in [6, 6.07) is 6.51. The number of benzene rings is 1. The summed E-state index contributed by atoms with van der Waals surface area (Å²) in [6.07, 6.45) is 6.45. The van der Waals surface area contributed by atoms with Crippen molar-refractivity contribution in [3.8, 4) is 0 Å². The Balaban J connectivity index is 1.83. The third-order valence-corrected chi connectivity index (χ3v) is 6.98. The Hall–Kier alpha value is -2.19. The fraction of sp³-hybridized carbons (Fsp3) is 0.500. The molecule has 0 radical (unpaired) electrons. The first-order valence-electron chi connectivity index (χ1n) is 9.87. The van der Waals surface area contributed by atoms with Crippen molar-refractivity contribution in [3.63, 3.8) is 0 Å². The smallest absolute Gasteiger partial charge is 0.257 e. The van der Waals surface area contributed by atoms with Gasteiger partial charge in [0, 0.05) is 31.3 Å². The maximum atomic E-state index is 12.9. The van der Waals surface area contributed by atoms with Crippen molar-refractivity contribution < 1.29 is 13.2 Å². The minimum absolute atomic E-state index is 0.171. The zero-order chi connectivity index (χ0) is 20.1. The van der Waals surface area contributed by atoms with Gasteiger partial charge in [-0.3, -0.25) is 4.79 Å². The molecular weight excluding hydrogens is 376 g/mol. The van der Waals surface area contributed by atoms with E-state index in [2.05, 4.69) is 17.3 Å². The third-order valence-electron chi connectivity index (χ3n) is 5.09. The molecule has 1 aromatic heterocycles. The molecular formula is C20H28N4O3S. The van der Waals surface area contributed by atoms with E-state index in [9.17, 15) is 13.2 Å². The molecule has 0 bridgehead atoms. The second-order valence-corrected chi connectivity index (χ2v) is 9.13. The predicted molar refractivity (Wildman–Crippen MR) is 109 cm³/mol. The highest BCUT2D eigenvalue weighted by atomic mass is 32.2. The van der Waals surface area contributed by atoms with Crippen molar-refractivity contribution in [2.75, 3.05) is 18.4 Å². The monoisotopic (exact) mass is 404 g/mol. The van der Waals surface area contributed by atoms with Gasteiger partial charge < -0.3 is 5.32 Å². The van der Waals surface area contributed by atoms with Crippen molar-refractivity contribution in [1.29, 1.82) is 0 Å². The summed E-state index contributed by atoms with van der Waals surface area (Å²) in [4.78, 5) is 13.0. The van der Waals surface area contributed by atoms with Crippen molar-refractivity contribution in [2.24, 2.45) is 0 Å². The molecule has 0 unspecified atom stereocenters. The maximum Gasteiger partial charge on any atom is 0.257 e. The lowest BCUT2D eigenvalue weighted by atomic mass is 10.1. The molecule has 7 nitrogen and oxygen atoms in total. The Morgan fingerprint density at radius 3 is 2.64 bits per heavy atom. The molecule has 1 N–H and O–H groups in total. The first kappa shape index (κ1) is 20.5. The minimum atomic E-state index is -3.58. The number of unbranched alkanes of at least 4 members (excludes halogenated alkanes) is 1. The van der Waals surface area contributed by atoms with Crippen LogP contribution in [0.4, 0.5) is 5.82 Å². The number of nitrogens with zero attached hydrogens (tertiary/aromatic N) is 3. The highest BCUT2D eigenvalue weighted by molar-refractivity contribution is 7.89. The first-order chi connectivity index (χ1) is 13.4. The van der Waals surface area contributed by atoms with E-state index in [-0.39, 0.29) is 10.8 Å². The molecule has 152 valence electrons. The van der Waals surface area contributed by atoms with Crippen molar-refractivity contribution in [3.05, 3.63) is 41.6 Å². The molecule has 0 spiro atoms. The maximum absolute atomic E-state index is 12.9. The van der Waals surface area contributed by atoms with Crippen molar-refractivity contribution >= 4 is 21.7 Å². The molecule has 1 aliphatic heterocycles. The molecule has 3 rings (SSSR count). The number of hydrogen-bond donors (Lipinski definition) is 1. The van der Waals surface area contributed by atoms with Crippen LogP contribution in [0.25, 0.3) is 0 Å². The fourth-order valence-electron chi connectivity index (χ4n) is 3.37. The van der Waals surface area contributed by atoms with Gasteiger partial charge in [-0.2, -0.15) is 9.40 Å². The molecule has 1 fully saturated rings. The summed E-state index contributed by atoms with van der Waals surface area (Å²) >= 11 is 0. The zero-order valence-corrected chi connectivity index (χ0v) is 17.3. The van der Waals surface area contributed by atoms with Crippen LogP contribution in [0.3, 0.4) is 0 Å². The molecule has 2 heterocycles. The van der Waals surface area contributed by atoms with Crippen LogP contribution in [0.15, 0.2) is 35.4 Å². The summed E-state index contributed by atoms with van der Waals surface area (Å²) in [6.45, 7) is 5.70. The standard InChI is InChI=1S/C20H28N4O3S/c1-3-4-14-24-19(10-11-21-24)22-20(25)18-15-17(9-8-16(18)2)28(26,27)23-12-6-5-7-13-23/h8-11,15H,3-7,12-14H2,1-2H3,(H,22,25). The number of rotatable bonds is 7. The third kappa shape index (κ3) is 4.44. The highest BCUT2D eigenvalue weighted by Crippen LogP contribution is 2.23. The number of hydrogen-bond acceptors (Lipinski definition) is 4. The molecule has 1 amide bonds. The average molecular weight is 405 g/mol. The van der Waals surface area contributed by atoms with Crippen LogP contribution < -0.4 is 5.32 Å². The zero-order valence-electron chi connectivity index (χ0n) is 16.5. The number of aryl methyl sites for hydroxylation is 2. The van der Waals surface area contributed by atoms with Crippen LogP contribution in [0, 0.1) is 6.92 Å². The summed E-state index contributed by atoms with van der Waals surface area (Å²) in [7, 11) is -3.58. The van der Waals surface area contributed by atoms with E-state index >= 15 is 0 Å². The minimum Gasteiger partial charge on any atom is -0.307 e. The first-order valence-corrected chi connectivity index (χ1v) is 11.3. The number of nitrogens with one attached hydrogen (secondary N) is 1. The Morgan fingerprint density at radius 1 is 1.18 bits per heavy atom. The van der Waals surface area contributed by atoms with Crippen LogP contribution in [-0.4, -0.2) is 41.5 Å². The van der Waals surface area contributed by atoms with Crippen LogP contribution in [0.1, 0.15) is 54.9 Å². The average Bonchev–Trinajstić information content (AvgIpc) is 3.14. The van der Waals surface area contributed by atoms with Gasteiger partial charge in [-0.1, -0.05) is 25.8 Å². The lowest BCUT2D eigenvalue weighted by Crippen LogP contribution is -2.35. The number of piperidine rings is 1. The van der Waals surface area contributed by atoms with Gasteiger partial charge in [-0.25, -0.2) is 13.1 Å². The van der Waals surface area contributed by atoms with Gasteiger partial charge in [0.2, 0.25) is 10.0 Å². The van der Waals surface area contributed by atoms with Crippen LogP contribution in [-0.2, 0) is 16.6 Å². The topological polar surface area (TPSA) is 84.3 Å². The quantitative estimate of drug-likeness (QED) is 0.766. The Bertz CT molecular complexity index is 931. The lowest BCUT2D eigenvalue weighted by Gasteiger charge is -2.26. The second kappa shape index (κ2) is 8.87. The van der Waals surface area contributed by atoms with Gasteiger partial charge in [0.15, 0.2) is 0 Å². The molecule has 2 aromatic rings. The van der Waals surface area contributed by atoms with E-state index < -0.39 is 10.0 Å². The van der Waals surface area contributed by atoms with Crippen LogP contribution in [0.5, 0.6) is 0 Å². The number of aromatic nitrogens is 2. The van der Waals surface area contributed by atoms with E-state index in [0.29, 0.717) is 24.5 Å². The molecule has 0 saturated carbocycles. The number of carbonyl (C=O) groups excluding carboxylic acids is 1. The molecule has 28 heavy (non-hydrogen) atoms. The van der Waals surface area contributed by atoms with Crippen molar-refractivity contribution in [2.45, 2.75) is 57.4 Å². The normalized spacial score (nSPS) is 15.5.